The second kappa shape index (κ2) is 6.31. The fourth-order valence-electron chi connectivity index (χ4n) is 1.51. The first kappa shape index (κ1) is 13.5. The Morgan fingerprint density at radius 3 is 2.72 bits per heavy atom. The zero-order valence-electron chi connectivity index (χ0n) is 9.57. The van der Waals surface area contributed by atoms with Gasteiger partial charge >= 0.3 is 0 Å². The summed E-state index contributed by atoms with van der Waals surface area (Å²) in [5.41, 5.74) is 6.60. The molecule has 1 aromatic carbocycles. The molecule has 0 unspecified atom stereocenters. The zero-order valence-corrected chi connectivity index (χ0v) is 12.7. The molecule has 0 aliphatic carbocycles. The van der Waals surface area contributed by atoms with Crippen molar-refractivity contribution in [2.24, 2.45) is 5.73 Å². The largest absolute Gasteiger partial charge is 0.455 e. The molecule has 1 aromatic heterocycles. The molecule has 0 amide bonds. The van der Waals surface area contributed by atoms with Crippen LogP contribution in [0.4, 0.5) is 0 Å². The molecule has 1 heterocycles. The van der Waals surface area contributed by atoms with Gasteiger partial charge in [-0.15, -0.1) is 0 Å². The fourth-order valence-corrected chi connectivity index (χ4v) is 2.64. The molecule has 0 fully saturated rings. The van der Waals surface area contributed by atoms with Gasteiger partial charge in [0.1, 0.15) is 11.5 Å². The van der Waals surface area contributed by atoms with Gasteiger partial charge < -0.3 is 10.5 Å². The van der Waals surface area contributed by atoms with Crippen LogP contribution in [0.15, 0.2) is 45.6 Å². The molecule has 18 heavy (non-hydrogen) atoms. The normalized spacial score (nSPS) is 10.4. The van der Waals surface area contributed by atoms with Crippen LogP contribution in [-0.4, -0.2) is 11.5 Å². The third-order valence-corrected chi connectivity index (χ3v) is 3.44. The maximum absolute atomic E-state index is 5.78. The molecular weight excluding hydrogens is 360 g/mol. The van der Waals surface area contributed by atoms with E-state index in [1.54, 1.807) is 12.4 Å². The Labute approximate surface area is 123 Å². The van der Waals surface area contributed by atoms with Gasteiger partial charge in [-0.25, -0.2) is 0 Å². The van der Waals surface area contributed by atoms with Crippen molar-refractivity contribution in [3.8, 4) is 11.5 Å². The molecule has 0 saturated carbocycles. The Kier molecular flexibility index (Phi) is 4.74. The second-order valence-electron chi connectivity index (χ2n) is 3.74. The van der Waals surface area contributed by atoms with E-state index in [-0.39, 0.29) is 0 Å². The molecule has 0 atom stereocenters. The monoisotopic (exact) mass is 370 g/mol. The highest BCUT2D eigenvalue weighted by Gasteiger charge is 2.04. The van der Waals surface area contributed by atoms with E-state index in [9.17, 15) is 0 Å². The molecule has 2 aromatic rings. The maximum atomic E-state index is 5.78. The molecule has 0 radical (unpaired) electrons. The van der Waals surface area contributed by atoms with Crippen LogP contribution in [-0.2, 0) is 6.42 Å². The molecule has 0 aliphatic rings. The fraction of sp³-hybridized carbons (Fsp3) is 0.154. The Hall–Kier alpha value is -0.910. The van der Waals surface area contributed by atoms with E-state index < -0.39 is 0 Å². The Bertz CT molecular complexity index is 546. The van der Waals surface area contributed by atoms with Crippen molar-refractivity contribution in [1.82, 2.24) is 4.98 Å². The molecule has 2 N–H and O–H groups in total. The summed E-state index contributed by atoms with van der Waals surface area (Å²) in [4.78, 5) is 4.14. The molecular formula is C13H12Br2N2O. The number of aromatic nitrogens is 1. The van der Waals surface area contributed by atoms with E-state index in [0.29, 0.717) is 12.3 Å². The van der Waals surface area contributed by atoms with Gasteiger partial charge in [0.05, 0.1) is 10.7 Å². The quantitative estimate of drug-likeness (QED) is 0.886. The minimum Gasteiger partial charge on any atom is -0.455 e. The summed E-state index contributed by atoms with van der Waals surface area (Å²) in [7, 11) is 0. The highest BCUT2D eigenvalue weighted by Crippen LogP contribution is 2.31. The Morgan fingerprint density at radius 2 is 2.00 bits per heavy atom. The summed E-state index contributed by atoms with van der Waals surface area (Å²) in [5.74, 6) is 1.47. The summed E-state index contributed by atoms with van der Waals surface area (Å²) in [6, 6.07) is 7.71. The van der Waals surface area contributed by atoms with Crippen LogP contribution in [0.3, 0.4) is 0 Å². The lowest BCUT2D eigenvalue weighted by atomic mass is 10.2. The van der Waals surface area contributed by atoms with Crippen molar-refractivity contribution >= 4 is 31.9 Å². The number of benzene rings is 1. The van der Waals surface area contributed by atoms with Gasteiger partial charge in [0.2, 0.25) is 0 Å². The standard InChI is InChI=1S/C13H12Br2N2O/c14-10-1-2-13(12(15)6-10)18-11-5-9(3-4-16)7-17-8-11/h1-2,5-8H,3-4,16H2. The molecule has 3 nitrogen and oxygen atoms in total. The number of hydrogen-bond acceptors (Lipinski definition) is 3. The number of rotatable bonds is 4. The van der Waals surface area contributed by atoms with Gasteiger partial charge in [-0.1, -0.05) is 15.9 Å². The van der Waals surface area contributed by atoms with Crippen molar-refractivity contribution < 1.29 is 4.74 Å². The highest BCUT2D eigenvalue weighted by molar-refractivity contribution is 9.11. The molecule has 94 valence electrons. The number of ether oxygens (including phenoxy) is 1. The molecule has 5 heteroatoms. The van der Waals surface area contributed by atoms with Gasteiger partial charge in [-0.3, -0.25) is 4.98 Å². The first-order valence-electron chi connectivity index (χ1n) is 5.46. The van der Waals surface area contributed by atoms with E-state index in [4.69, 9.17) is 10.5 Å². The zero-order chi connectivity index (χ0) is 13.0. The van der Waals surface area contributed by atoms with E-state index >= 15 is 0 Å². The number of pyridine rings is 1. The van der Waals surface area contributed by atoms with Crippen LogP contribution in [0.2, 0.25) is 0 Å². The average Bonchev–Trinajstić information content (AvgIpc) is 2.34. The Balaban J connectivity index is 2.20. The number of halogens is 2. The van der Waals surface area contributed by atoms with Crippen molar-refractivity contribution in [2.45, 2.75) is 6.42 Å². The predicted molar refractivity (Wildman–Crippen MR) is 78.9 cm³/mol. The van der Waals surface area contributed by atoms with Crippen LogP contribution in [0, 0.1) is 0 Å². The summed E-state index contributed by atoms with van der Waals surface area (Å²) in [6.07, 6.45) is 4.29. The average molecular weight is 372 g/mol. The van der Waals surface area contributed by atoms with Crippen molar-refractivity contribution in [2.75, 3.05) is 6.54 Å². The van der Waals surface area contributed by atoms with Gasteiger partial charge in [-0.05, 0) is 58.7 Å². The van der Waals surface area contributed by atoms with E-state index in [1.807, 2.05) is 24.3 Å². The molecule has 2 rings (SSSR count). The van der Waals surface area contributed by atoms with Gasteiger partial charge in [-0.2, -0.15) is 0 Å². The van der Waals surface area contributed by atoms with Crippen LogP contribution in [0.5, 0.6) is 11.5 Å². The molecule has 0 bridgehead atoms. The van der Waals surface area contributed by atoms with Crippen LogP contribution < -0.4 is 10.5 Å². The first-order chi connectivity index (χ1) is 8.69. The van der Waals surface area contributed by atoms with Crippen LogP contribution in [0.1, 0.15) is 5.56 Å². The molecule has 0 aliphatic heterocycles. The smallest absolute Gasteiger partial charge is 0.146 e. The van der Waals surface area contributed by atoms with E-state index in [0.717, 1.165) is 26.7 Å². The lowest BCUT2D eigenvalue weighted by molar-refractivity contribution is 0.476. The topological polar surface area (TPSA) is 48.1 Å². The first-order valence-corrected chi connectivity index (χ1v) is 7.04. The van der Waals surface area contributed by atoms with Gasteiger partial charge in [0.25, 0.3) is 0 Å². The van der Waals surface area contributed by atoms with Gasteiger partial charge in [0.15, 0.2) is 0 Å². The minimum absolute atomic E-state index is 0.604. The Morgan fingerprint density at radius 1 is 1.17 bits per heavy atom. The van der Waals surface area contributed by atoms with Crippen LogP contribution >= 0.6 is 31.9 Å². The molecule has 0 spiro atoms. The SMILES string of the molecule is NCCc1cncc(Oc2ccc(Br)cc2Br)c1. The molecule has 0 saturated heterocycles. The lowest BCUT2D eigenvalue weighted by Crippen LogP contribution is -2.03. The van der Waals surface area contributed by atoms with E-state index in [1.165, 1.54) is 0 Å². The third kappa shape index (κ3) is 3.54. The van der Waals surface area contributed by atoms with Crippen molar-refractivity contribution in [3.05, 3.63) is 51.2 Å². The van der Waals surface area contributed by atoms with Crippen LogP contribution in [0.25, 0.3) is 0 Å². The van der Waals surface area contributed by atoms with E-state index in [2.05, 4.69) is 36.8 Å². The van der Waals surface area contributed by atoms with Crippen molar-refractivity contribution in [3.63, 3.8) is 0 Å². The predicted octanol–water partition coefficient (Wildman–Crippen LogP) is 3.90. The number of hydrogen-bond donors (Lipinski definition) is 1. The number of nitrogens with two attached hydrogens (primary N) is 1. The summed E-state index contributed by atoms with van der Waals surface area (Å²) < 4.78 is 7.67. The minimum atomic E-state index is 0.604. The van der Waals surface area contributed by atoms with Gasteiger partial charge in [0, 0.05) is 10.7 Å². The highest BCUT2D eigenvalue weighted by atomic mass is 79.9. The second-order valence-corrected chi connectivity index (χ2v) is 5.51. The third-order valence-electron chi connectivity index (χ3n) is 2.32. The number of nitrogens with zero attached hydrogens (tertiary/aromatic N) is 1. The summed E-state index contributed by atoms with van der Waals surface area (Å²) in [5, 5.41) is 0. The lowest BCUT2D eigenvalue weighted by Gasteiger charge is -2.08. The summed E-state index contributed by atoms with van der Waals surface area (Å²) >= 11 is 6.86. The maximum Gasteiger partial charge on any atom is 0.146 e. The van der Waals surface area contributed by atoms with Crippen molar-refractivity contribution in [1.29, 1.82) is 0 Å². The summed E-state index contributed by atoms with van der Waals surface area (Å²) in [6.45, 7) is 0.604.